The molecular formula is C14H17N5O4. The van der Waals surface area contributed by atoms with Crippen molar-refractivity contribution in [3.63, 3.8) is 0 Å². The molecule has 0 spiro atoms. The van der Waals surface area contributed by atoms with Gasteiger partial charge < -0.3 is 15.0 Å². The minimum Gasteiger partial charge on any atom is -0.376 e. The number of nitrogens with one attached hydrogen (secondary N) is 3. The van der Waals surface area contributed by atoms with Gasteiger partial charge in [-0.2, -0.15) is 5.10 Å². The molecule has 1 unspecified atom stereocenters. The van der Waals surface area contributed by atoms with Gasteiger partial charge in [0.25, 0.3) is 11.5 Å². The van der Waals surface area contributed by atoms with Gasteiger partial charge in [0.05, 0.1) is 24.5 Å². The van der Waals surface area contributed by atoms with Crippen LogP contribution in [0.15, 0.2) is 28.0 Å². The third-order valence-corrected chi connectivity index (χ3v) is 3.56. The van der Waals surface area contributed by atoms with Crippen LogP contribution < -0.4 is 16.6 Å². The maximum absolute atomic E-state index is 12.0. The van der Waals surface area contributed by atoms with Crippen LogP contribution in [-0.2, 0) is 11.3 Å². The Labute approximate surface area is 130 Å². The van der Waals surface area contributed by atoms with Gasteiger partial charge in [-0.25, -0.2) is 4.79 Å². The maximum atomic E-state index is 12.0. The lowest BCUT2D eigenvalue weighted by molar-refractivity contribution is 0.00401. The molecule has 0 aromatic carbocycles. The van der Waals surface area contributed by atoms with Crippen LogP contribution in [0.2, 0.25) is 0 Å². The highest BCUT2D eigenvalue weighted by Gasteiger charge is 2.15. The van der Waals surface area contributed by atoms with Crippen LogP contribution in [0.5, 0.6) is 0 Å². The first kappa shape index (κ1) is 15.2. The molecule has 9 heteroatoms. The smallest absolute Gasteiger partial charge is 0.326 e. The molecule has 3 rings (SSSR count). The number of amides is 1. The number of anilines is 1. The Bertz CT molecular complexity index is 771. The van der Waals surface area contributed by atoms with Crippen LogP contribution >= 0.6 is 0 Å². The molecule has 1 aliphatic heterocycles. The van der Waals surface area contributed by atoms with E-state index in [1.165, 1.54) is 6.20 Å². The molecule has 1 fully saturated rings. The molecule has 0 bridgehead atoms. The SMILES string of the molecule is O=C(Nc1cnn(CC2CCCCO2)c1)c1cc(=O)[nH]c(=O)[nH]1. The fourth-order valence-corrected chi connectivity index (χ4v) is 2.48. The fourth-order valence-electron chi connectivity index (χ4n) is 2.48. The summed E-state index contributed by atoms with van der Waals surface area (Å²) in [7, 11) is 0. The first-order valence-electron chi connectivity index (χ1n) is 7.39. The van der Waals surface area contributed by atoms with Gasteiger partial charge >= 0.3 is 5.69 Å². The number of hydrogen-bond donors (Lipinski definition) is 3. The van der Waals surface area contributed by atoms with Crippen molar-refractivity contribution in [2.75, 3.05) is 11.9 Å². The van der Waals surface area contributed by atoms with Crippen molar-refractivity contribution in [2.24, 2.45) is 0 Å². The Morgan fingerprint density at radius 3 is 3.00 bits per heavy atom. The molecule has 1 aliphatic rings. The molecule has 0 radical (unpaired) electrons. The number of hydrogen-bond acceptors (Lipinski definition) is 5. The zero-order chi connectivity index (χ0) is 16.2. The maximum Gasteiger partial charge on any atom is 0.326 e. The summed E-state index contributed by atoms with van der Waals surface area (Å²) in [6.07, 6.45) is 6.55. The normalized spacial score (nSPS) is 17.8. The number of H-pyrrole nitrogens is 2. The quantitative estimate of drug-likeness (QED) is 0.737. The van der Waals surface area contributed by atoms with Gasteiger partial charge in [-0.1, -0.05) is 0 Å². The van der Waals surface area contributed by atoms with E-state index in [0.717, 1.165) is 31.9 Å². The van der Waals surface area contributed by atoms with Gasteiger partial charge in [0.15, 0.2) is 0 Å². The zero-order valence-electron chi connectivity index (χ0n) is 12.4. The Hall–Kier alpha value is -2.68. The van der Waals surface area contributed by atoms with Crippen LogP contribution in [0.25, 0.3) is 0 Å². The van der Waals surface area contributed by atoms with E-state index in [-0.39, 0.29) is 11.8 Å². The summed E-state index contributed by atoms with van der Waals surface area (Å²) < 4.78 is 7.34. The van der Waals surface area contributed by atoms with Gasteiger partial charge in [-0.15, -0.1) is 0 Å². The molecule has 122 valence electrons. The minimum atomic E-state index is -0.729. The van der Waals surface area contributed by atoms with E-state index < -0.39 is 17.2 Å². The lowest BCUT2D eigenvalue weighted by atomic mass is 10.1. The van der Waals surface area contributed by atoms with Gasteiger partial charge in [-0.3, -0.25) is 19.3 Å². The van der Waals surface area contributed by atoms with Crippen molar-refractivity contribution < 1.29 is 9.53 Å². The van der Waals surface area contributed by atoms with Gasteiger partial charge in [-0.05, 0) is 19.3 Å². The summed E-state index contributed by atoms with van der Waals surface area (Å²) in [6.45, 7) is 1.39. The fraction of sp³-hybridized carbons (Fsp3) is 0.429. The summed E-state index contributed by atoms with van der Waals surface area (Å²) in [5.74, 6) is -0.582. The number of carbonyl (C=O) groups is 1. The second kappa shape index (κ2) is 6.61. The standard InChI is InChI=1S/C14H17N5O4/c20-12-5-11(17-14(22)18-12)13(21)16-9-6-15-19(7-9)8-10-3-1-2-4-23-10/h5-7,10H,1-4,8H2,(H,16,21)(H2,17,18,20,22). The predicted molar refractivity (Wildman–Crippen MR) is 81.5 cm³/mol. The van der Waals surface area contributed by atoms with Crippen LogP contribution in [0.1, 0.15) is 29.8 Å². The van der Waals surface area contributed by atoms with Crippen molar-refractivity contribution in [2.45, 2.75) is 31.9 Å². The average molecular weight is 319 g/mol. The van der Waals surface area contributed by atoms with Crippen molar-refractivity contribution in [3.8, 4) is 0 Å². The molecule has 0 saturated carbocycles. The molecule has 1 atom stereocenters. The van der Waals surface area contributed by atoms with Crippen molar-refractivity contribution in [1.29, 1.82) is 0 Å². The Morgan fingerprint density at radius 1 is 1.39 bits per heavy atom. The summed E-state index contributed by atoms with van der Waals surface area (Å²) in [6, 6.07) is 1.02. The number of ether oxygens (including phenoxy) is 1. The Kier molecular flexibility index (Phi) is 4.38. The van der Waals surface area contributed by atoms with E-state index in [0.29, 0.717) is 12.2 Å². The van der Waals surface area contributed by atoms with Crippen molar-refractivity contribution in [3.05, 3.63) is 45.0 Å². The third kappa shape index (κ3) is 3.95. The summed E-state index contributed by atoms with van der Waals surface area (Å²) >= 11 is 0. The number of carbonyl (C=O) groups excluding carboxylic acids is 1. The minimum absolute atomic E-state index is 0.109. The van der Waals surface area contributed by atoms with E-state index in [9.17, 15) is 14.4 Å². The number of nitrogens with zero attached hydrogens (tertiary/aromatic N) is 2. The third-order valence-electron chi connectivity index (χ3n) is 3.56. The molecule has 9 nitrogen and oxygen atoms in total. The molecule has 1 saturated heterocycles. The van der Waals surface area contributed by atoms with E-state index in [1.807, 2.05) is 4.98 Å². The van der Waals surface area contributed by atoms with Crippen LogP contribution in [-0.4, -0.2) is 38.4 Å². The highest BCUT2D eigenvalue weighted by atomic mass is 16.5. The van der Waals surface area contributed by atoms with Crippen molar-refractivity contribution in [1.82, 2.24) is 19.7 Å². The highest BCUT2D eigenvalue weighted by Crippen LogP contribution is 2.15. The summed E-state index contributed by atoms with van der Waals surface area (Å²) in [5, 5.41) is 6.76. The highest BCUT2D eigenvalue weighted by molar-refractivity contribution is 6.02. The van der Waals surface area contributed by atoms with E-state index in [1.54, 1.807) is 10.9 Å². The molecule has 3 N–H and O–H groups in total. The zero-order valence-corrected chi connectivity index (χ0v) is 12.4. The number of aromatic nitrogens is 4. The second-order valence-corrected chi connectivity index (χ2v) is 5.40. The largest absolute Gasteiger partial charge is 0.376 e. The van der Waals surface area contributed by atoms with Crippen LogP contribution in [0.4, 0.5) is 5.69 Å². The van der Waals surface area contributed by atoms with E-state index in [2.05, 4.69) is 15.4 Å². The Balaban J connectivity index is 1.65. The van der Waals surface area contributed by atoms with Crippen LogP contribution in [0, 0.1) is 0 Å². The molecule has 0 aliphatic carbocycles. The molecular weight excluding hydrogens is 302 g/mol. The van der Waals surface area contributed by atoms with Crippen LogP contribution in [0.3, 0.4) is 0 Å². The average Bonchev–Trinajstić information content (AvgIpc) is 2.94. The summed E-state index contributed by atoms with van der Waals surface area (Å²) in [4.78, 5) is 38.7. The van der Waals surface area contributed by atoms with Gasteiger partial charge in [0, 0.05) is 18.9 Å². The lowest BCUT2D eigenvalue weighted by Crippen LogP contribution is -2.27. The van der Waals surface area contributed by atoms with E-state index >= 15 is 0 Å². The topological polar surface area (TPSA) is 122 Å². The number of aromatic amines is 2. The van der Waals surface area contributed by atoms with Gasteiger partial charge in [0.2, 0.25) is 0 Å². The molecule has 2 aromatic heterocycles. The lowest BCUT2D eigenvalue weighted by Gasteiger charge is -2.22. The Morgan fingerprint density at radius 2 is 2.26 bits per heavy atom. The second-order valence-electron chi connectivity index (χ2n) is 5.40. The first-order valence-corrected chi connectivity index (χ1v) is 7.39. The summed E-state index contributed by atoms with van der Waals surface area (Å²) in [5.41, 5.74) is -0.995. The molecule has 23 heavy (non-hydrogen) atoms. The monoisotopic (exact) mass is 319 g/mol. The molecule has 2 aromatic rings. The van der Waals surface area contributed by atoms with E-state index in [4.69, 9.17) is 4.74 Å². The first-order chi connectivity index (χ1) is 11.1. The molecule has 3 heterocycles. The number of rotatable bonds is 4. The predicted octanol–water partition coefficient (Wildman–Crippen LogP) is 0.0811. The van der Waals surface area contributed by atoms with Crippen molar-refractivity contribution >= 4 is 11.6 Å². The molecule has 1 amide bonds. The van der Waals surface area contributed by atoms with Gasteiger partial charge in [0.1, 0.15) is 5.69 Å².